The van der Waals surface area contributed by atoms with Gasteiger partial charge in [-0.2, -0.15) is 0 Å². The Bertz CT molecular complexity index is 504. The highest BCUT2D eigenvalue weighted by Crippen LogP contribution is 2.28. The fraction of sp³-hybridized carbons (Fsp3) is 0.895. The second-order valence-electron chi connectivity index (χ2n) is 8.10. The number of piperazine rings is 1. The van der Waals surface area contributed by atoms with E-state index in [9.17, 15) is 9.59 Å². The number of cyclic esters (lactones) is 1. The molecule has 8 heteroatoms. The average molecular weight is 383 g/mol. The van der Waals surface area contributed by atoms with E-state index in [1.807, 2.05) is 7.05 Å². The molecule has 0 radical (unpaired) electrons. The SMILES string of the molecule is CN1C(=O)OC(N2CCN(CCC(=O)O)CC2)C1CCCC1CCNCC1. The minimum absolute atomic E-state index is 0.116. The van der Waals surface area contributed by atoms with Crippen LogP contribution in [-0.4, -0.2) is 97.0 Å². The minimum Gasteiger partial charge on any atom is -0.481 e. The van der Waals surface area contributed by atoms with Gasteiger partial charge >= 0.3 is 12.1 Å². The maximum Gasteiger partial charge on any atom is 0.411 e. The van der Waals surface area contributed by atoms with Crippen LogP contribution in [0.1, 0.15) is 38.5 Å². The Hall–Kier alpha value is -1.38. The van der Waals surface area contributed by atoms with Gasteiger partial charge in [0.2, 0.25) is 0 Å². The van der Waals surface area contributed by atoms with Gasteiger partial charge < -0.3 is 25.0 Å². The number of nitrogens with one attached hydrogen (secondary N) is 1. The van der Waals surface area contributed by atoms with E-state index in [-0.39, 0.29) is 24.8 Å². The summed E-state index contributed by atoms with van der Waals surface area (Å²) in [5, 5.41) is 12.2. The number of piperidine rings is 1. The van der Waals surface area contributed by atoms with E-state index in [4.69, 9.17) is 9.84 Å². The average Bonchev–Trinajstić information content (AvgIpc) is 2.96. The molecular formula is C19H34N4O4. The van der Waals surface area contributed by atoms with Crippen molar-refractivity contribution in [2.75, 3.05) is 52.9 Å². The monoisotopic (exact) mass is 382 g/mol. The molecule has 0 spiro atoms. The van der Waals surface area contributed by atoms with Gasteiger partial charge in [0.1, 0.15) is 0 Å². The summed E-state index contributed by atoms with van der Waals surface area (Å²) in [5.41, 5.74) is 0. The van der Waals surface area contributed by atoms with Gasteiger partial charge in [-0.15, -0.1) is 0 Å². The lowest BCUT2D eigenvalue weighted by molar-refractivity contribution is -0.137. The first kappa shape index (κ1) is 20.4. The first-order chi connectivity index (χ1) is 13.0. The van der Waals surface area contributed by atoms with E-state index >= 15 is 0 Å². The number of likely N-dealkylation sites (N-methyl/N-ethyl adjacent to an activating group) is 1. The van der Waals surface area contributed by atoms with Crippen LogP contribution in [0.15, 0.2) is 0 Å². The molecule has 3 rings (SSSR count). The molecule has 2 N–H and O–H groups in total. The van der Waals surface area contributed by atoms with E-state index in [1.165, 1.54) is 19.3 Å². The van der Waals surface area contributed by atoms with Crippen LogP contribution < -0.4 is 5.32 Å². The van der Waals surface area contributed by atoms with Crippen molar-refractivity contribution in [1.82, 2.24) is 20.0 Å². The van der Waals surface area contributed by atoms with Gasteiger partial charge in [0, 0.05) is 39.8 Å². The molecule has 0 aromatic heterocycles. The summed E-state index contributed by atoms with van der Waals surface area (Å²) in [7, 11) is 1.85. The Labute approximate surface area is 161 Å². The first-order valence-electron chi connectivity index (χ1n) is 10.4. The summed E-state index contributed by atoms with van der Waals surface area (Å²) < 4.78 is 5.69. The molecule has 3 aliphatic heterocycles. The Balaban J connectivity index is 1.46. The van der Waals surface area contributed by atoms with Crippen molar-refractivity contribution < 1.29 is 19.4 Å². The fourth-order valence-electron chi connectivity index (χ4n) is 4.53. The normalized spacial score (nSPS) is 28.5. The van der Waals surface area contributed by atoms with Gasteiger partial charge in [-0.1, -0.05) is 12.8 Å². The van der Waals surface area contributed by atoms with Gasteiger partial charge in [-0.25, -0.2) is 4.79 Å². The third-order valence-corrected chi connectivity index (χ3v) is 6.32. The van der Waals surface area contributed by atoms with Gasteiger partial charge in [0.25, 0.3) is 0 Å². The van der Waals surface area contributed by atoms with Gasteiger partial charge in [-0.3, -0.25) is 9.69 Å². The topological polar surface area (TPSA) is 85.4 Å². The van der Waals surface area contributed by atoms with E-state index in [0.29, 0.717) is 6.54 Å². The molecule has 3 fully saturated rings. The number of carbonyl (C=O) groups excluding carboxylic acids is 1. The summed E-state index contributed by atoms with van der Waals surface area (Å²) in [6.45, 7) is 6.13. The summed E-state index contributed by atoms with van der Waals surface area (Å²) >= 11 is 0. The molecule has 3 aliphatic rings. The maximum atomic E-state index is 12.1. The van der Waals surface area contributed by atoms with E-state index in [2.05, 4.69) is 15.1 Å². The molecule has 3 saturated heterocycles. The molecule has 1 amide bonds. The largest absolute Gasteiger partial charge is 0.481 e. The molecule has 0 bridgehead atoms. The lowest BCUT2D eigenvalue weighted by Crippen LogP contribution is -2.54. The third-order valence-electron chi connectivity index (χ3n) is 6.32. The van der Waals surface area contributed by atoms with Crippen LogP contribution in [0, 0.1) is 5.92 Å². The molecule has 154 valence electrons. The van der Waals surface area contributed by atoms with Crippen molar-refractivity contribution >= 4 is 12.1 Å². The van der Waals surface area contributed by atoms with Crippen molar-refractivity contribution in [2.45, 2.75) is 50.8 Å². The van der Waals surface area contributed by atoms with Gasteiger partial charge in [0.05, 0.1) is 12.5 Å². The number of nitrogens with zero attached hydrogens (tertiary/aromatic N) is 3. The highest BCUT2D eigenvalue weighted by molar-refractivity contribution is 5.70. The van der Waals surface area contributed by atoms with Crippen molar-refractivity contribution in [1.29, 1.82) is 0 Å². The number of carbonyl (C=O) groups is 2. The van der Waals surface area contributed by atoms with Crippen molar-refractivity contribution in [3.8, 4) is 0 Å². The van der Waals surface area contributed by atoms with Crippen LogP contribution in [0.2, 0.25) is 0 Å². The van der Waals surface area contributed by atoms with Crippen LogP contribution in [0.3, 0.4) is 0 Å². The lowest BCUT2D eigenvalue weighted by atomic mass is 9.91. The zero-order valence-corrected chi connectivity index (χ0v) is 16.4. The number of ether oxygens (including phenoxy) is 1. The van der Waals surface area contributed by atoms with Crippen molar-refractivity contribution in [3.63, 3.8) is 0 Å². The van der Waals surface area contributed by atoms with Gasteiger partial charge in [0.15, 0.2) is 6.23 Å². The zero-order chi connectivity index (χ0) is 19.2. The smallest absolute Gasteiger partial charge is 0.411 e. The quantitative estimate of drug-likeness (QED) is 0.648. The second kappa shape index (κ2) is 9.71. The third kappa shape index (κ3) is 5.56. The van der Waals surface area contributed by atoms with E-state index in [0.717, 1.165) is 58.0 Å². The predicted molar refractivity (Wildman–Crippen MR) is 102 cm³/mol. The van der Waals surface area contributed by atoms with E-state index in [1.54, 1.807) is 4.90 Å². The Kier molecular flexibility index (Phi) is 7.32. The molecule has 0 aromatic carbocycles. The molecule has 2 unspecified atom stereocenters. The molecule has 27 heavy (non-hydrogen) atoms. The second-order valence-corrected chi connectivity index (χ2v) is 8.10. The minimum atomic E-state index is -0.752. The number of hydrogen-bond acceptors (Lipinski definition) is 6. The summed E-state index contributed by atoms with van der Waals surface area (Å²) in [6, 6.07) is 0.116. The summed E-state index contributed by atoms with van der Waals surface area (Å²) in [5.74, 6) is 0.0587. The molecular weight excluding hydrogens is 348 g/mol. The number of carboxylic acid groups (broad SMARTS) is 1. The number of carboxylic acids is 1. The van der Waals surface area contributed by atoms with Crippen molar-refractivity contribution in [2.24, 2.45) is 5.92 Å². The highest BCUT2D eigenvalue weighted by Gasteiger charge is 2.43. The lowest BCUT2D eigenvalue weighted by Gasteiger charge is -2.38. The zero-order valence-electron chi connectivity index (χ0n) is 16.4. The Morgan fingerprint density at radius 2 is 1.89 bits per heavy atom. The number of amides is 1. The van der Waals surface area contributed by atoms with E-state index < -0.39 is 5.97 Å². The Morgan fingerprint density at radius 3 is 2.56 bits per heavy atom. The number of hydrogen-bond donors (Lipinski definition) is 2. The van der Waals surface area contributed by atoms with Crippen LogP contribution in [0.25, 0.3) is 0 Å². The summed E-state index contributed by atoms with van der Waals surface area (Å²) in [6.07, 6.45) is 5.66. The van der Waals surface area contributed by atoms with Crippen LogP contribution in [0.5, 0.6) is 0 Å². The molecule has 2 atom stereocenters. The molecule has 8 nitrogen and oxygen atoms in total. The maximum absolute atomic E-state index is 12.1. The van der Waals surface area contributed by atoms with Gasteiger partial charge in [-0.05, 0) is 38.3 Å². The fourth-order valence-corrected chi connectivity index (χ4v) is 4.53. The first-order valence-corrected chi connectivity index (χ1v) is 10.4. The molecule has 0 saturated carbocycles. The van der Waals surface area contributed by atoms with Crippen LogP contribution >= 0.6 is 0 Å². The summed E-state index contributed by atoms with van der Waals surface area (Å²) in [4.78, 5) is 29.1. The molecule has 3 heterocycles. The highest BCUT2D eigenvalue weighted by atomic mass is 16.6. The van der Waals surface area contributed by atoms with Crippen molar-refractivity contribution in [3.05, 3.63) is 0 Å². The number of rotatable bonds is 8. The predicted octanol–water partition coefficient (Wildman–Crippen LogP) is 1.03. The number of aliphatic carboxylic acids is 1. The van der Waals surface area contributed by atoms with Crippen LogP contribution in [-0.2, 0) is 9.53 Å². The molecule has 0 aromatic rings. The molecule has 0 aliphatic carbocycles. The standard InChI is InChI=1S/C19H34N4O4/c1-21-16(4-2-3-15-5-8-20-9-6-15)18(27-19(21)26)23-13-11-22(12-14-23)10-7-17(24)25/h15-16,18,20H,2-14H2,1H3,(H,24,25). The van der Waals surface area contributed by atoms with Crippen LogP contribution in [0.4, 0.5) is 4.79 Å². The Morgan fingerprint density at radius 1 is 1.19 bits per heavy atom.